The molecule has 6 aliphatic heterocycles. The smallest absolute Gasteiger partial charge is 0.756 e. The third kappa shape index (κ3) is 14.1. The second kappa shape index (κ2) is 27.8. The van der Waals surface area contributed by atoms with Crippen LogP contribution in [0.25, 0.3) is 16.4 Å². The number of primary amides is 6. The molecular formula is C63H91CoN13O14P-. The quantitative estimate of drug-likeness (QED) is 0.0478. The van der Waals surface area contributed by atoms with E-state index in [0.717, 1.165) is 11.1 Å². The van der Waals surface area contributed by atoms with Gasteiger partial charge in [-0.1, -0.05) is 40.7 Å². The number of benzene rings is 1. The molecule has 7 heterocycles. The molecule has 29 heteroatoms. The molecule has 15 N–H and O–H groups in total. The first-order chi connectivity index (χ1) is 41.8. The molecule has 7 amide bonds. The summed E-state index contributed by atoms with van der Waals surface area (Å²) in [4.78, 5) is 128. The van der Waals surface area contributed by atoms with Gasteiger partial charge < -0.3 is 85.9 Å². The third-order valence-electron chi connectivity index (χ3n) is 20.5. The van der Waals surface area contributed by atoms with Crippen molar-refractivity contribution in [1.82, 2.24) is 14.9 Å². The predicted molar refractivity (Wildman–Crippen MR) is 338 cm³/mol. The van der Waals surface area contributed by atoms with Gasteiger partial charge in [0.25, 0.3) is 7.82 Å². The number of nitrogens with one attached hydrogen (secondary N) is 1. The summed E-state index contributed by atoms with van der Waals surface area (Å²) in [5.74, 6) is -7.40. The molecule has 0 spiro atoms. The molecule has 1 aromatic heterocycles. The fourth-order valence-corrected chi connectivity index (χ4v) is 16.4. The van der Waals surface area contributed by atoms with Crippen molar-refractivity contribution in [3.05, 3.63) is 76.6 Å². The summed E-state index contributed by atoms with van der Waals surface area (Å²) in [5.41, 5.74) is 36.7. The maximum Gasteiger partial charge on any atom is 2.00 e. The van der Waals surface area contributed by atoms with E-state index in [1.807, 2.05) is 80.5 Å². The Morgan fingerprint density at radius 2 is 1.40 bits per heavy atom. The van der Waals surface area contributed by atoms with E-state index >= 15 is 0 Å². The van der Waals surface area contributed by atoms with Crippen molar-refractivity contribution in [2.45, 2.75) is 189 Å². The number of phosphoric acid groups is 1. The second-order valence-electron chi connectivity index (χ2n) is 27.0. The molecule has 8 rings (SSSR count). The predicted octanol–water partition coefficient (Wildman–Crippen LogP) is 3.76. The third-order valence-corrected chi connectivity index (χ3v) is 21.6. The molecule has 0 aliphatic carbocycles. The van der Waals surface area contributed by atoms with Crippen LogP contribution in [-0.2, 0) is 68.7 Å². The maximum atomic E-state index is 14.4. The zero-order valence-corrected chi connectivity index (χ0v) is 56.4. The molecule has 15 atom stereocenters. The molecule has 8 bridgehead atoms. The minimum absolute atomic E-state index is 0. The van der Waals surface area contributed by atoms with E-state index in [0.29, 0.717) is 56.4 Å². The normalized spacial score (nSPS) is 33.5. The molecule has 0 saturated carbocycles. The zero-order valence-electron chi connectivity index (χ0n) is 54.5. The van der Waals surface area contributed by atoms with Gasteiger partial charge in [0.2, 0.25) is 41.4 Å². The van der Waals surface area contributed by atoms with Crippen molar-refractivity contribution < 1.29 is 83.8 Å². The van der Waals surface area contributed by atoms with Crippen molar-refractivity contribution in [1.29, 1.82) is 0 Å². The van der Waals surface area contributed by atoms with E-state index in [-0.39, 0.29) is 101 Å². The summed E-state index contributed by atoms with van der Waals surface area (Å²) in [7, 11) is -5.32. The number of hydrogen-bond donors (Lipinski definition) is 9. The molecule has 2 fully saturated rings. The van der Waals surface area contributed by atoms with E-state index in [1.54, 1.807) is 6.92 Å². The molecule has 27 nitrogen and oxygen atoms in total. The molecule has 2 saturated heterocycles. The van der Waals surface area contributed by atoms with E-state index in [1.165, 1.54) is 17.8 Å². The minimum Gasteiger partial charge on any atom is -0.756 e. The number of rotatable bonds is 26. The number of aryl methyl sites for hydroxylation is 2. The van der Waals surface area contributed by atoms with Crippen LogP contribution in [0.2, 0.25) is 0 Å². The number of aliphatic hydroxyl groups excluding tert-OH is 2. The summed E-state index contributed by atoms with van der Waals surface area (Å²) in [5, 5.41) is 29.9. The topological polar surface area (TPSA) is 465 Å². The van der Waals surface area contributed by atoms with Crippen LogP contribution < -0.4 is 44.6 Å². The number of carbonyl (C=O) groups excluding carboxylic acids is 7. The van der Waals surface area contributed by atoms with Crippen molar-refractivity contribution in [3.63, 3.8) is 0 Å². The Hall–Kier alpha value is -6.49. The number of aromatic nitrogens is 2. The van der Waals surface area contributed by atoms with Crippen molar-refractivity contribution in [2.24, 2.45) is 94.7 Å². The van der Waals surface area contributed by atoms with Crippen molar-refractivity contribution in [3.8, 4) is 0 Å². The van der Waals surface area contributed by atoms with Crippen molar-refractivity contribution in [2.75, 3.05) is 13.2 Å². The number of hydrogen-bond acceptors (Lipinski definition) is 18. The fraction of sp³-hybridized carbons (Fsp3) is 0.619. The largest absolute Gasteiger partial charge is 2.00 e. The molecule has 4 unspecified atom stereocenters. The van der Waals surface area contributed by atoms with Crippen LogP contribution in [0.15, 0.2) is 67.8 Å². The number of imidazole rings is 1. The first kappa shape index (κ1) is 74.5. The van der Waals surface area contributed by atoms with E-state index in [2.05, 4.69) is 10.3 Å². The molecule has 2 aromatic rings. The van der Waals surface area contributed by atoms with Gasteiger partial charge in [0.15, 0.2) is 6.23 Å². The van der Waals surface area contributed by atoms with Crippen LogP contribution in [0.4, 0.5) is 0 Å². The van der Waals surface area contributed by atoms with Gasteiger partial charge in [0, 0.05) is 103 Å². The summed E-state index contributed by atoms with van der Waals surface area (Å²) in [6, 6.07) is 2.65. The number of phosphoric ester groups is 1. The van der Waals surface area contributed by atoms with Crippen LogP contribution in [0.5, 0.6) is 0 Å². The average Bonchev–Trinajstić information content (AvgIpc) is 1.53. The molecule has 507 valence electrons. The number of nitrogens with two attached hydrogens (primary N) is 6. The molecule has 6 aliphatic rings. The van der Waals surface area contributed by atoms with Gasteiger partial charge in [0.05, 0.1) is 47.3 Å². The van der Waals surface area contributed by atoms with Gasteiger partial charge in [-0.2, -0.15) is 11.4 Å². The number of allylic oxidation sites excluding steroid dienone is 6. The van der Waals surface area contributed by atoms with E-state index in [4.69, 9.17) is 68.5 Å². The molecule has 1 radical (unpaired) electrons. The van der Waals surface area contributed by atoms with Crippen LogP contribution in [0.1, 0.15) is 150 Å². The number of nitrogens with zero attached hydrogens (tertiary/aromatic N) is 6. The standard InChI is InChI=1S/C62H90N13O14P.CH3.Co/c1-29-20-39-40(21-30(29)2)75(28-70-39)57-52(84)53(41(27-76)87-57)89-90(85,86)88-31(3)26-69-49(83)18-19-59(8)37(22-46(66)80)56-62(11)61(10,25-48(68)82)36(14-17-45(65)79)51(74-62)33(5)55-60(9,24-47(67)81)34(12-15-43(63)77)38(71-55)23-42-58(6,7)35(13-16-44(64)78)50(72-42)32(4)54(59)73-56;;/h20-21,23,28,31,34-37,41,52-53,56-57,76,84H,12-19,22,24-27H2,1-11H3,(H15,63,64,65,66,67,68,69,71,72,73,74,77,78,79,80,81,82,83,85,86);1H3;/q;-1;+2/p-2/t31-,34-,35-,36-,37+,41-,52?,53?,56-,57?,59-,60+,61+,62+;;/m1../s1. The second-order valence-corrected chi connectivity index (χ2v) is 28.3. The summed E-state index contributed by atoms with van der Waals surface area (Å²) >= 11 is 0. The minimum atomic E-state index is -5.32. The molecule has 92 heavy (non-hydrogen) atoms. The van der Waals surface area contributed by atoms with Gasteiger partial charge in [0.1, 0.15) is 18.3 Å². The summed E-state index contributed by atoms with van der Waals surface area (Å²) < 4.78 is 31.9. The van der Waals surface area contributed by atoms with Crippen LogP contribution in [-0.4, -0.2) is 127 Å². The number of amides is 7. The summed E-state index contributed by atoms with van der Waals surface area (Å²) in [6.07, 6.45) is -4.79. The van der Waals surface area contributed by atoms with E-state index < -0.39 is 143 Å². The van der Waals surface area contributed by atoms with Gasteiger partial charge in [-0.25, -0.2) is 4.98 Å². The first-order valence-corrected chi connectivity index (χ1v) is 32.0. The Kier molecular flexibility index (Phi) is 22.6. The number of aliphatic hydroxyl groups is 2. The van der Waals surface area contributed by atoms with Gasteiger partial charge in [-0.05, 0) is 113 Å². The molecule has 1 aromatic carbocycles. The Balaban J connectivity index is 0.00000672. The Morgan fingerprint density at radius 3 is 1.98 bits per heavy atom. The van der Waals surface area contributed by atoms with Crippen molar-refractivity contribution >= 4 is 77.3 Å². The Morgan fingerprint density at radius 1 is 0.815 bits per heavy atom. The SMILES string of the molecule is C/C1=C2/[N-]/C(=C\C3=NC(=C(/C)C4=N[C@@](C)([C@@H]5N=C1[C@](C)(CCC(=O)NC[C@@H](C)OP(=O)([O-])OC1C(O)C(n6cnc7cc(C)c(C)cc76)O[C@@H]1CO)[C@H]5CC(N)=O)[C@@](C)(CC(N)=O)[C@@H]4CCC(N)=O)/[C@@](C)(CC(N)=O)[C@@H]3CCC(N)=O)C(C)(C)[C@@H]2CCC(N)=O.[CH3-].[Co+2]. The fourth-order valence-electron chi connectivity index (χ4n) is 15.3. The number of aliphatic imine (C=N–C) groups is 3. The van der Waals surface area contributed by atoms with Crippen LogP contribution in [0.3, 0.4) is 0 Å². The van der Waals surface area contributed by atoms with Gasteiger partial charge >= 0.3 is 16.8 Å². The monoisotopic (exact) mass is 1340 g/mol. The zero-order chi connectivity index (χ0) is 66.7. The Labute approximate surface area is 547 Å². The molecular weight excluding hydrogens is 1250 g/mol. The number of fused-ring (bicyclic) bond motifs is 7. The van der Waals surface area contributed by atoms with Gasteiger partial charge in [-0.3, -0.25) is 53.1 Å². The maximum absolute atomic E-state index is 14.4. The van der Waals surface area contributed by atoms with Gasteiger partial charge in [-0.15, -0.1) is 0 Å². The van der Waals surface area contributed by atoms with E-state index in [9.17, 15) is 53.2 Å². The van der Waals surface area contributed by atoms with Crippen LogP contribution >= 0.6 is 7.82 Å². The van der Waals surface area contributed by atoms with Crippen LogP contribution in [0, 0.1) is 66.6 Å². The Bertz CT molecular complexity index is 3540. The number of carbonyl (C=O) groups is 7. The number of ether oxygens (including phenoxy) is 1. The summed E-state index contributed by atoms with van der Waals surface area (Å²) in [6.45, 7) is 19.0. The average molecular weight is 1340 g/mol. The first-order valence-electron chi connectivity index (χ1n) is 30.5.